The second-order valence-corrected chi connectivity index (χ2v) is 4.12. The summed E-state index contributed by atoms with van der Waals surface area (Å²) in [5.41, 5.74) is 1.64. The average molecular weight is 276 g/mol. The Kier molecular flexibility index (Phi) is 8.03. The molecule has 108 valence electrons. The molecule has 4 nitrogen and oxygen atoms in total. The molecule has 0 amide bonds. The minimum Gasteiger partial charge on any atom is -0.497 e. The molecule has 1 N–H and O–H groups in total. The molecule has 1 aromatic carbocycles. The molecule has 0 unspecified atom stereocenters. The van der Waals surface area contributed by atoms with E-state index >= 15 is 0 Å². The summed E-state index contributed by atoms with van der Waals surface area (Å²) in [6, 6.07) is 7.69. The Bertz CT molecular complexity index is 446. The molecule has 0 saturated carbocycles. The van der Waals surface area contributed by atoms with E-state index in [-0.39, 0.29) is 6.61 Å². The van der Waals surface area contributed by atoms with Gasteiger partial charge in [0.05, 0.1) is 20.3 Å². The molecule has 0 heterocycles. The number of methoxy groups -OCH3 is 1. The molecule has 4 heteroatoms. The Morgan fingerprint density at radius 3 is 2.65 bits per heavy atom. The normalized spacial score (nSPS) is 11.8. The van der Waals surface area contributed by atoms with Crippen molar-refractivity contribution in [2.24, 2.45) is 0 Å². The van der Waals surface area contributed by atoms with E-state index in [1.54, 1.807) is 19.3 Å². The highest BCUT2D eigenvalue weighted by Gasteiger charge is 1.94. The molecule has 0 aliphatic rings. The van der Waals surface area contributed by atoms with E-state index in [4.69, 9.17) is 14.6 Å². The van der Waals surface area contributed by atoms with Crippen LogP contribution >= 0.6 is 0 Å². The van der Waals surface area contributed by atoms with E-state index in [1.807, 2.05) is 30.3 Å². The van der Waals surface area contributed by atoms with Gasteiger partial charge >= 0.3 is 0 Å². The Morgan fingerprint density at radius 2 is 2.05 bits per heavy atom. The van der Waals surface area contributed by atoms with E-state index in [0.29, 0.717) is 25.2 Å². The van der Waals surface area contributed by atoms with Crippen LogP contribution in [0.15, 0.2) is 48.1 Å². The predicted molar refractivity (Wildman–Crippen MR) is 77.6 cm³/mol. The highest BCUT2D eigenvalue weighted by atomic mass is 16.5. The third-order valence-corrected chi connectivity index (χ3v) is 2.64. The van der Waals surface area contributed by atoms with Crippen LogP contribution in [0, 0.1) is 0 Å². The van der Waals surface area contributed by atoms with Gasteiger partial charge in [-0.2, -0.15) is 0 Å². The molecular formula is C16H20O4. The van der Waals surface area contributed by atoms with Gasteiger partial charge in [-0.25, -0.2) is 0 Å². The van der Waals surface area contributed by atoms with Crippen LogP contribution in [0.5, 0.6) is 5.75 Å². The van der Waals surface area contributed by atoms with Gasteiger partial charge in [0.1, 0.15) is 12.0 Å². The molecule has 0 aromatic heterocycles. The lowest BCUT2D eigenvalue weighted by Gasteiger charge is -2.03. The molecule has 0 radical (unpaired) electrons. The van der Waals surface area contributed by atoms with Crippen molar-refractivity contribution in [1.29, 1.82) is 0 Å². The minimum absolute atomic E-state index is 0.0214. The maximum Gasteiger partial charge on any atom is 0.146 e. The largest absolute Gasteiger partial charge is 0.497 e. The predicted octanol–water partition coefficient (Wildman–Crippen LogP) is 2.28. The maximum absolute atomic E-state index is 10.6. The third-order valence-electron chi connectivity index (χ3n) is 2.64. The number of allylic oxidation sites excluding steroid dienone is 2. The number of aldehydes is 1. The van der Waals surface area contributed by atoms with Crippen molar-refractivity contribution >= 4 is 6.29 Å². The van der Waals surface area contributed by atoms with Crippen LogP contribution in [0.25, 0.3) is 0 Å². The van der Waals surface area contributed by atoms with Gasteiger partial charge in [-0.1, -0.05) is 30.4 Å². The molecule has 0 fully saturated rings. The first-order valence-corrected chi connectivity index (χ1v) is 6.42. The van der Waals surface area contributed by atoms with Gasteiger partial charge in [0.15, 0.2) is 0 Å². The molecule has 0 spiro atoms. The molecular weight excluding hydrogens is 256 g/mol. The molecule has 0 atom stereocenters. The molecule has 0 aliphatic heterocycles. The number of aliphatic hydroxyl groups excluding tert-OH is 1. The van der Waals surface area contributed by atoms with Crippen LogP contribution in [-0.4, -0.2) is 31.7 Å². The van der Waals surface area contributed by atoms with Crippen LogP contribution in [-0.2, 0) is 16.1 Å². The van der Waals surface area contributed by atoms with Gasteiger partial charge in [0, 0.05) is 6.61 Å². The van der Waals surface area contributed by atoms with E-state index in [1.165, 1.54) is 0 Å². The number of carbonyl (C=O) groups excluding carboxylic acids is 1. The Balaban J connectivity index is 2.28. The zero-order valence-electron chi connectivity index (χ0n) is 11.6. The van der Waals surface area contributed by atoms with Gasteiger partial charge < -0.3 is 14.6 Å². The lowest BCUT2D eigenvalue weighted by molar-refractivity contribution is -0.105. The first-order chi connectivity index (χ1) is 9.80. The second-order valence-electron chi connectivity index (χ2n) is 4.12. The summed E-state index contributed by atoms with van der Waals surface area (Å²) in [4.78, 5) is 10.6. The maximum atomic E-state index is 10.6. The fourth-order valence-electron chi connectivity index (χ4n) is 1.52. The fourth-order valence-corrected chi connectivity index (χ4v) is 1.52. The zero-order valence-corrected chi connectivity index (χ0v) is 11.6. The van der Waals surface area contributed by atoms with Gasteiger partial charge in [-0.3, -0.25) is 4.79 Å². The third kappa shape index (κ3) is 6.31. The number of ether oxygens (including phenoxy) is 2. The van der Waals surface area contributed by atoms with E-state index in [2.05, 4.69) is 0 Å². The van der Waals surface area contributed by atoms with E-state index < -0.39 is 0 Å². The Labute approximate surface area is 119 Å². The van der Waals surface area contributed by atoms with Crippen LogP contribution in [0.4, 0.5) is 0 Å². The molecule has 20 heavy (non-hydrogen) atoms. The van der Waals surface area contributed by atoms with Crippen molar-refractivity contribution in [2.75, 3.05) is 20.3 Å². The number of benzene rings is 1. The summed E-state index contributed by atoms with van der Waals surface area (Å²) < 4.78 is 10.5. The SMILES string of the molecule is COc1ccc(COC/C=C/C=C(\C=O)CCO)cc1. The highest BCUT2D eigenvalue weighted by molar-refractivity contribution is 5.73. The molecule has 1 rings (SSSR count). The highest BCUT2D eigenvalue weighted by Crippen LogP contribution is 2.11. The lowest BCUT2D eigenvalue weighted by Crippen LogP contribution is -1.93. The zero-order chi connectivity index (χ0) is 14.6. The summed E-state index contributed by atoms with van der Waals surface area (Å²) in [7, 11) is 1.63. The Hall–Kier alpha value is -1.91. The minimum atomic E-state index is -0.0214. The summed E-state index contributed by atoms with van der Waals surface area (Å²) in [6.07, 6.45) is 6.39. The van der Waals surface area contributed by atoms with Gasteiger partial charge in [0.2, 0.25) is 0 Å². The van der Waals surface area contributed by atoms with E-state index in [9.17, 15) is 4.79 Å². The van der Waals surface area contributed by atoms with Gasteiger partial charge in [0.25, 0.3) is 0 Å². The van der Waals surface area contributed by atoms with Crippen LogP contribution in [0.2, 0.25) is 0 Å². The first-order valence-electron chi connectivity index (χ1n) is 6.42. The fraction of sp³-hybridized carbons (Fsp3) is 0.312. The topological polar surface area (TPSA) is 55.8 Å². The lowest BCUT2D eigenvalue weighted by atomic mass is 10.2. The van der Waals surface area contributed by atoms with E-state index in [0.717, 1.165) is 17.6 Å². The Morgan fingerprint density at radius 1 is 1.30 bits per heavy atom. The molecule has 0 saturated heterocycles. The van der Waals surface area contributed by atoms with Crippen molar-refractivity contribution < 1.29 is 19.4 Å². The number of aliphatic hydroxyl groups is 1. The van der Waals surface area contributed by atoms with Crippen molar-refractivity contribution in [3.8, 4) is 5.75 Å². The summed E-state index contributed by atoms with van der Waals surface area (Å²) >= 11 is 0. The standard InChI is InChI=1S/C16H20O4/c1-19-16-7-5-15(6-8-16)13-20-11-3-2-4-14(12-18)9-10-17/h2-8,12,17H,9-11,13H2,1H3/b3-2+,14-4-. The average Bonchev–Trinajstić information content (AvgIpc) is 2.50. The van der Waals surface area contributed by atoms with Crippen molar-refractivity contribution in [2.45, 2.75) is 13.0 Å². The molecule has 0 bridgehead atoms. The number of carbonyl (C=O) groups is 1. The van der Waals surface area contributed by atoms with Crippen LogP contribution in [0.1, 0.15) is 12.0 Å². The van der Waals surface area contributed by atoms with Crippen LogP contribution in [0.3, 0.4) is 0 Å². The number of rotatable bonds is 9. The number of hydrogen-bond donors (Lipinski definition) is 1. The first kappa shape index (κ1) is 16.1. The van der Waals surface area contributed by atoms with Crippen molar-refractivity contribution in [3.05, 3.63) is 53.6 Å². The summed E-state index contributed by atoms with van der Waals surface area (Å²) in [5.74, 6) is 0.823. The molecule has 0 aliphatic carbocycles. The van der Waals surface area contributed by atoms with Crippen LogP contribution < -0.4 is 4.74 Å². The monoisotopic (exact) mass is 276 g/mol. The van der Waals surface area contributed by atoms with Crippen molar-refractivity contribution in [3.63, 3.8) is 0 Å². The smallest absolute Gasteiger partial charge is 0.146 e. The molecule has 1 aromatic rings. The van der Waals surface area contributed by atoms with Gasteiger partial charge in [-0.15, -0.1) is 0 Å². The summed E-state index contributed by atoms with van der Waals surface area (Å²) in [6.45, 7) is 0.968. The summed E-state index contributed by atoms with van der Waals surface area (Å²) in [5, 5.41) is 8.71. The van der Waals surface area contributed by atoms with Crippen molar-refractivity contribution in [1.82, 2.24) is 0 Å². The number of hydrogen-bond acceptors (Lipinski definition) is 4. The second kappa shape index (κ2) is 9.95. The quantitative estimate of drug-likeness (QED) is 0.325. The van der Waals surface area contributed by atoms with Gasteiger partial charge in [-0.05, 0) is 29.7 Å².